The first-order valence-electron chi connectivity index (χ1n) is 8.96. The number of pyridine rings is 1. The van der Waals surface area contributed by atoms with Gasteiger partial charge in [0.25, 0.3) is 5.91 Å². The van der Waals surface area contributed by atoms with Gasteiger partial charge in [-0.2, -0.15) is 0 Å². The number of nitrogens with one attached hydrogen (secondary N) is 2. The summed E-state index contributed by atoms with van der Waals surface area (Å²) in [6.07, 6.45) is 8.75. The first-order chi connectivity index (χ1) is 12.2. The summed E-state index contributed by atoms with van der Waals surface area (Å²) in [4.78, 5) is 16.7. The second-order valence-corrected chi connectivity index (χ2v) is 6.95. The van der Waals surface area contributed by atoms with Crippen molar-refractivity contribution < 1.29 is 4.79 Å². The van der Waals surface area contributed by atoms with Crippen molar-refractivity contribution in [2.24, 2.45) is 0 Å². The molecular weight excluding hydrogens is 334 g/mol. The number of hydrogen-bond acceptors (Lipinski definition) is 3. The number of benzene rings is 1. The topological polar surface area (TPSA) is 54.0 Å². The van der Waals surface area contributed by atoms with Crippen molar-refractivity contribution in [3.63, 3.8) is 0 Å². The van der Waals surface area contributed by atoms with Gasteiger partial charge in [0, 0.05) is 23.8 Å². The molecule has 1 heterocycles. The van der Waals surface area contributed by atoms with Gasteiger partial charge in [0.15, 0.2) is 0 Å². The molecule has 0 bridgehead atoms. The van der Waals surface area contributed by atoms with E-state index in [1.54, 1.807) is 6.20 Å². The van der Waals surface area contributed by atoms with Crippen molar-refractivity contribution in [2.45, 2.75) is 51.1 Å². The summed E-state index contributed by atoms with van der Waals surface area (Å²) in [5.74, 6) is 0.697. The second kappa shape index (κ2) is 8.86. The fourth-order valence-corrected chi connectivity index (χ4v) is 3.36. The van der Waals surface area contributed by atoms with E-state index in [-0.39, 0.29) is 5.91 Å². The number of halogens is 1. The summed E-state index contributed by atoms with van der Waals surface area (Å²) in [7, 11) is 0. The van der Waals surface area contributed by atoms with E-state index < -0.39 is 0 Å². The predicted molar refractivity (Wildman–Crippen MR) is 102 cm³/mol. The van der Waals surface area contributed by atoms with Gasteiger partial charge in [-0.15, -0.1) is 0 Å². The quantitative estimate of drug-likeness (QED) is 0.756. The normalized spacial score (nSPS) is 15.4. The van der Waals surface area contributed by atoms with Gasteiger partial charge in [-0.1, -0.05) is 55.5 Å². The van der Waals surface area contributed by atoms with Crippen LogP contribution in [-0.4, -0.2) is 16.9 Å². The van der Waals surface area contributed by atoms with E-state index in [1.807, 2.05) is 36.4 Å². The molecule has 1 aromatic heterocycles. The summed E-state index contributed by atoms with van der Waals surface area (Å²) in [6.45, 7) is 0.598. The van der Waals surface area contributed by atoms with Crippen LogP contribution in [0, 0.1) is 0 Å². The second-order valence-electron chi connectivity index (χ2n) is 6.54. The molecule has 4 nitrogen and oxygen atoms in total. The number of hydrogen-bond donors (Lipinski definition) is 2. The summed E-state index contributed by atoms with van der Waals surface area (Å²) < 4.78 is 0. The molecule has 1 aliphatic rings. The van der Waals surface area contributed by atoms with Crippen LogP contribution in [0.2, 0.25) is 5.02 Å². The predicted octanol–water partition coefficient (Wildman–Crippen LogP) is 4.80. The minimum absolute atomic E-state index is 0.0305. The van der Waals surface area contributed by atoms with Gasteiger partial charge in [0.1, 0.15) is 5.82 Å². The van der Waals surface area contributed by atoms with Crippen LogP contribution in [0.25, 0.3) is 0 Å². The van der Waals surface area contributed by atoms with Gasteiger partial charge >= 0.3 is 0 Å². The van der Waals surface area contributed by atoms with Crippen molar-refractivity contribution in [1.29, 1.82) is 0 Å². The third-order valence-electron chi connectivity index (χ3n) is 4.63. The van der Waals surface area contributed by atoms with E-state index in [2.05, 4.69) is 15.6 Å². The number of carbonyl (C=O) groups excluding carboxylic acids is 1. The molecule has 0 spiro atoms. The zero-order valence-corrected chi connectivity index (χ0v) is 15.1. The van der Waals surface area contributed by atoms with Crippen LogP contribution < -0.4 is 10.6 Å². The number of aromatic nitrogens is 1. The van der Waals surface area contributed by atoms with Gasteiger partial charge in [0.2, 0.25) is 0 Å². The molecule has 1 saturated carbocycles. The van der Waals surface area contributed by atoms with E-state index in [4.69, 9.17) is 11.6 Å². The van der Waals surface area contributed by atoms with Crippen LogP contribution in [0.4, 0.5) is 5.82 Å². The van der Waals surface area contributed by atoms with Crippen LogP contribution in [0.5, 0.6) is 0 Å². The average molecular weight is 358 g/mol. The first-order valence-corrected chi connectivity index (χ1v) is 9.34. The average Bonchev–Trinajstić information content (AvgIpc) is 2.90. The van der Waals surface area contributed by atoms with Crippen molar-refractivity contribution in [2.75, 3.05) is 5.32 Å². The maximum Gasteiger partial charge on any atom is 0.253 e. The number of rotatable bonds is 5. The highest BCUT2D eigenvalue weighted by atomic mass is 35.5. The Morgan fingerprint density at radius 1 is 1.08 bits per heavy atom. The molecule has 1 fully saturated rings. The lowest BCUT2D eigenvalue weighted by Crippen LogP contribution is -2.34. The minimum atomic E-state index is -0.0305. The van der Waals surface area contributed by atoms with Crippen LogP contribution in [0.15, 0.2) is 42.6 Å². The number of nitrogens with zero attached hydrogens (tertiary/aromatic N) is 1. The van der Waals surface area contributed by atoms with E-state index in [1.165, 1.54) is 25.7 Å². The maximum absolute atomic E-state index is 12.4. The highest BCUT2D eigenvalue weighted by molar-refractivity contribution is 6.31. The monoisotopic (exact) mass is 357 g/mol. The Morgan fingerprint density at radius 3 is 2.52 bits per heavy atom. The molecule has 0 saturated heterocycles. The van der Waals surface area contributed by atoms with Crippen molar-refractivity contribution in [3.8, 4) is 0 Å². The Balaban J connectivity index is 1.54. The van der Waals surface area contributed by atoms with Gasteiger partial charge < -0.3 is 10.6 Å². The van der Waals surface area contributed by atoms with Gasteiger partial charge in [0.05, 0.1) is 5.56 Å². The van der Waals surface area contributed by atoms with Crippen molar-refractivity contribution in [1.82, 2.24) is 10.3 Å². The maximum atomic E-state index is 12.4. The lowest BCUT2D eigenvalue weighted by molar-refractivity contribution is 0.0933. The third kappa shape index (κ3) is 5.20. The standard InChI is InChI=1S/C20H24ClN3O/c21-18-10-6-5-7-15(18)13-22-19-12-11-16(14-23-19)20(25)24-17-8-3-1-2-4-9-17/h5-7,10-12,14,17H,1-4,8-9,13H2,(H,22,23)(H,24,25). The molecule has 1 amide bonds. The van der Waals surface area contributed by atoms with E-state index in [0.29, 0.717) is 18.2 Å². The Hall–Kier alpha value is -2.07. The number of anilines is 1. The van der Waals surface area contributed by atoms with Crippen LogP contribution in [0.1, 0.15) is 54.4 Å². The Labute approximate surface area is 154 Å². The summed E-state index contributed by atoms with van der Waals surface area (Å²) in [5, 5.41) is 7.10. The molecule has 0 unspecified atom stereocenters. The number of amides is 1. The SMILES string of the molecule is O=C(NC1CCCCCC1)c1ccc(NCc2ccccc2Cl)nc1. The first kappa shape index (κ1) is 17.7. The molecule has 0 radical (unpaired) electrons. The molecule has 0 aliphatic heterocycles. The highest BCUT2D eigenvalue weighted by Gasteiger charge is 2.15. The summed E-state index contributed by atoms with van der Waals surface area (Å²) in [6, 6.07) is 11.7. The zero-order chi connectivity index (χ0) is 17.5. The molecule has 2 N–H and O–H groups in total. The zero-order valence-electron chi connectivity index (χ0n) is 14.3. The van der Waals surface area contributed by atoms with Gasteiger partial charge in [-0.3, -0.25) is 4.79 Å². The number of carbonyl (C=O) groups is 1. The lowest BCUT2D eigenvalue weighted by Gasteiger charge is -2.16. The van der Waals surface area contributed by atoms with E-state index in [0.717, 1.165) is 29.2 Å². The molecular formula is C20H24ClN3O. The van der Waals surface area contributed by atoms with E-state index >= 15 is 0 Å². The molecule has 132 valence electrons. The molecule has 3 rings (SSSR count). The van der Waals surface area contributed by atoms with E-state index in [9.17, 15) is 4.79 Å². The Morgan fingerprint density at radius 2 is 1.84 bits per heavy atom. The summed E-state index contributed by atoms with van der Waals surface area (Å²) >= 11 is 6.15. The van der Waals surface area contributed by atoms with Crippen molar-refractivity contribution in [3.05, 3.63) is 58.7 Å². The Kier molecular flexibility index (Phi) is 6.29. The lowest BCUT2D eigenvalue weighted by atomic mass is 10.1. The molecule has 5 heteroatoms. The minimum Gasteiger partial charge on any atom is -0.366 e. The van der Waals surface area contributed by atoms with Gasteiger partial charge in [-0.05, 0) is 36.6 Å². The molecule has 25 heavy (non-hydrogen) atoms. The highest BCUT2D eigenvalue weighted by Crippen LogP contribution is 2.18. The molecule has 1 aromatic carbocycles. The van der Waals surface area contributed by atoms with Crippen molar-refractivity contribution >= 4 is 23.3 Å². The largest absolute Gasteiger partial charge is 0.366 e. The van der Waals surface area contributed by atoms with Crippen LogP contribution in [-0.2, 0) is 6.54 Å². The van der Waals surface area contributed by atoms with Crippen LogP contribution >= 0.6 is 11.6 Å². The fraction of sp³-hybridized carbons (Fsp3) is 0.400. The molecule has 2 aromatic rings. The third-order valence-corrected chi connectivity index (χ3v) is 5.00. The summed E-state index contributed by atoms with van der Waals surface area (Å²) in [5.41, 5.74) is 1.62. The molecule has 1 aliphatic carbocycles. The van der Waals surface area contributed by atoms with Crippen LogP contribution in [0.3, 0.4) is 0 Å². The Bertz CT molecular complexity index is 694. The smallest absolute Gasteiger partial charge is 0.253 e. The van der Waals surface area contributed by atoms with Gasteiger partial charge in [-0.25, -0.2) is 4.98 Å². The molecule has 0 atom stereocenters. The fourth-order valence-electron chi connectivity index (χ4n) is 3.15.